The van der Waals surface area contributed by atoms with Gasteiger partial charge in [0.2, 0.25) is 10.0 Å². The molecule has 0 aromatic heterocycles. The second-order valence-corrected chi connectivity index (χ2v) is 5.72. The molecular formula is C12H14N2O2S. The Labute approximate surface area is 101 Å². The van der Waals surface area contributed by atoms with E-state index in [-0.39, 0.29) is 4.90 Å². The molecule has 0 saturated carbocycles. The summed E-state index contributed by atoms with van der Waals surface area (Å²) >= 11 is 0. The van der Waals surface area contributed by atoms with Crippen molar-refractivity contribution < 1.29 is 8.42 Å². The topological polar surface area (TPSA) is 58.2 Å². The van der Waals surface area contributed by atoms with Crippen LogP contribution in [0.1, 0.15) is 12.5 Å². The van der Waals surface area contributed by atoms with E-state index in [9.17, 15) is 8.42 Å². The summed E-state index contributed by atoms with van der Waals surface area (Å²) in [6, 6.07) is 4.58. The lowest BCUT2D eigenvalue weighted by Gasteiger charge is -2.10. The van der Waals surface area contributed by atoms with Gasteiger partial charge in [0.25, 0.3) is 0 Å². The van der Waals surface area contributed by atoms with Gasteiger partial charge in [-0.3, -0.25) is 0 Å². The van der Waals surface area contributed by atoms with Gasteiger partial charge in [-0.25, -0.2) is 8.42 Å². The summed E-state index contributed by atoms with van der Waals surface area (Å²) in [6.45, 7) is 2.48. The molecule has 0 bridgehead atoms. The summed E-state index contributed by atoms with van der Waals surface area (Å²) in [6.07, 6.45) is 6.09. The van der Waals surface area contributed by atoms with E-state index in [4.69, 9.17) is 6.42 Å². The molecule has 0 spiro atoms. The average Bonchev–Trinajstić information content (AvgIpc) is 2.75. The molecule has 2 N–H and O–H groups in total. The third kappa shape index (κ3) is 2.43. The van der Waals surface area contributed by atoms with Crippen LogP contribution in [0, 0.1) is 12.3 Å². The Morgan fingerprint density at radius 3 is 3.00 bits per heavy atom. The molecule has 5 heteroatoms. The van der Waals surface area contributed by atoms with Gasteiger partial charge in [0, 0.05) is 12.2 Å². The Morgan fingerprint density at radius 2 is 2.29 bits per heavy atom. The maximum Gasteiger partial charge on any atom is 0.241 e. The monoisotopic (exact) mass is 250 g/mol. The molecule has 1 unspecified atom stereocenters. The minimum Gasteiger partial charge on any atom is -0.384 e. The smallest absolute Gasteiger partial charge is 0.241 e. The minimum atomic E-state index is -3.53. The van der Waals surface area contributed by atoms with Crippen molar-refractivity contribution in [2.24, 2.45) is 0 Å². The molecular weight excluding hydrogens is 236 g/mol. The van der Waals surface area contributed by atoms with Gasteiger partial charge in [-0.15, -0.1) is 6.42 Å². The Bertz CT molecular complexity index is 573. The second kappa shape index (κ2) is 4.40. The fourth-order valence-corrected chi connectivity index (χ4v) is 2.96. The van der Waals surface area contributed by atoms with E-state index in [0.717, 1.165) is 24.2 Å². The zero-order valence-corrected chi connectivity index (χ0v) is 10.3. The molecule has 1 heterocycles. The molecule has 1 atom stereocenters. The first-order chi connectivity index (χ1) is 8.03. The van der Waals surface area contributed by atoms with Crippen LogP contribution in [0.3, 0.4) is 0 Å². The highest BCUT2D eigenvalue weighted by Gasteiger charge is 2.19. The minimum absolute atomic E-state index is 0.243. The van der Waals surface area contributed by atoms with Crippen molar-refractivity contribution in [3.8, 4) is 12.3 Å². The second-order valence-electron chi connectivity index (χ2n) is 4.01. The number of rotatable bonds is 3. The molecule has 1 aliphatic rings. The number of sulfonamides is 1. The maximum atomic E-state index is 12.0. The number of fused-ring (bicyclic) bond motifs is 1. The van der Waals surface area contributed by atoms with E-state index in [1.807, 2.05) is 6.07 Å². The van der Waals surface area contributed by atoms with E-state index < -0.39 is 16.1 Å². The highest BCUT2D eigenvalue weighted by molar-refractivity contribution is 7.89. The van der Waals surface area contributed by atoms with Crippen LogP contribution in [0.15, 0.2) is 23.1 Å². The first-order valence-corrected chi connectivity index (χ1v) is 6.86. The summed E-state index contributed by atoms with van der Waals surface area (Å²) < 4.78 is 26.4. The molecule has 0 radical (unpaired) electrons. The fraction of sp³-hybridized carbons (Fsp3) is 0.333. The van der Waals surface area contributed by atoms with Crippen LogP contribution in [0.5, 0.6) is 0 Å². The number of hydrogen-bond acceptors (Lipinski definition) is 3. The Balaban J connectivity index is 2.32. The van der Waals surface area contributed by atoms with Gasteiger partial charge in [0.1, 0.15) is 0 Å². The van der Waals surface area contributed by atoms with Gasteiger partial charge < -0.3 is 5.32 Å². The van der Waals surface area contributed by atoms with Crippen LogP contribution in [0.25, 0.3) is 0 Å². The Kier molecular flexibility index (Phi) is 3.09. The van der Waals surface area contributed by atoms with Crippen LogP contribution in [-0.4, -0.2) is 21.0 Å². The Morgan fingerprint density at radius 1 is 1.53 bits per heavy atom. The summed E-state index contributed by atoms with van der Waals surface area (Å²) in [5.74, 6) is 2.34. The van der Waals surface area contributed by atoms with Crippen LogP contribution >= 0.6 is 0 Å². The molecule has 2 rings (SSSR count). The van der Waals surface area contributed by atoms with Crippen molar-refractivity contribution in [2.75, 3.05) is 11.9 Å². The molecule has 4 nitrogen and oxygen atoms in total. The van der Waals surface area contributed by atoms with Gasteiger partial charge in [0.15, 0.2) is 0 Å². The zero-order valence-electron chi connectivity index (χ0n) is 9.53. The first-order valence-electron chi connectivity index (χ1n) is 5.38. The lowest BCUT2D eigenvalue weighted by molar-refractivity contribution is 0.577. The normalized spacial score (nSPS) is 15.8. The van der Waals surface area contributed by atoms with Gasteiger partial charge in [-0.2, -0.15) is 4.72 Å². The van der Waals surface area contributed by atoms with E-state index in [1.165, 1.54) is 0 Å². The van der Waals surface area contributed by atoms with E-state index in [1.54, 1.807) is 19.1 Å². The van der Waals surface area contributed by atoms with Crippen molar-refractivity contribution in [1.29, 1.82) is 0 Å². The van der Waals surface area contributed by atoms with Crippen molar-refractivity contribution in [3.05, 3.63) is 23.8 Å². The quantitative estimate of drug-likeness (QED) is 0.785. The van der Waals surface area contributed by atoms with Crippen molar-refractivity contribution in [1.82, 2.24) is 4.72 Å². The average molecular weight is 250 g/mol. The number of terminal acetylenes is 1. The van der Waals surface area contributed by atoms with Crippen molar-refractivity contribution in [3.63, 3.8) is 0 Å². The molecule has 0 amide bonds. The Hall–Kier alpha value is -1.51. The molecule has 1 aromatic carbocycles. The predicted molar refractivity (Wildman–Crippen MR) is 67.3 cm³/mol. The third-order valence-electron chi connectivity index (χ3n) is 2.68. The van der Waals surface area contributed by atoms with Crippen LogP contribution < -0.4 is 10.0 Å². The van der Waals surface area contributed by atoms with Crippen LogP contribution in [0.2, 0.25) is 0 Å². The number of nitrogens with one attached hydrogen (secondary N) is 2. The van der Waals surface area contributed by atoms with Gasteiger partial charge in [-0.05, 0) is 31.0 Å². The molecule has 0 aliphatic carbocycles. The highest BCUT2D eigenvalue weighted by Crippen LogP contribution is 2.25. The standard InChI is InChI=1S/C12H14N2O2S/c1-3-9(2)14-17(15,16)11-5-4-10-6-7-13-12(10)8-11/h1,4-5,8-9,13-14H,6-7H2,2H3. The van der Waals surface area contributed by atoms with Crippen molar-refractivity contribution >= 4 is 15.7 Å². The lowest BCUT2D eigenvalue weighted by Crippen LogP contribution is -2.31. The molecule has 1 aliphatic heterocycles. The van der Waals surface area contributed by atoms with Crippen molar-refractivity contribution in [2.45, 2.75) is 24.3 Å². The third-order valence-corrected chi connectivity index (χ3v) is 4.22. The number of benzene rings is 1. The summed E-state index contributed by atoms with van der Waals surface area (Å²) in [5, 5.41) is 3.15. The van der Waals surface area contributed by atoms with Gasteiger partial charge in [-0.1, -0.05) is 12.0 Å². The summed E-state index contributed by atoms with van der Waals surface area (Å²) in [5.41, 5.74) is 2.04. The molecule has 0 saturated heterocycles. The number of anilines is 1. The van der Waals surface area contributed by atoms with Gasteiger partial charge in [0.05, 0.1) is 10.9 Å². The fourth-order valence-electron chi connectivity index (χ4n) is 1.77. The first kappa shape index (κ1) is 12.0. The van der Waals surface area contributed by atoms with E-state index >= 15 is 0 Å². The summed E-state index contributed by atoms with van der Waals surface area (Å²) in [4.78, 5) is 0.243. The van der Waals surface area contributed by atoms with Crippen LogP contribution in [0.4, 0.5) is 5.69 Å². The number of hydrogen-bond donors (Lipinski definition) is 2. The summed E-state index contributed by atoms with van der Waals surface area (Å²) in [7, 11) is -3.53. The largest absolute Gasteiger partial charge is 0.384 e. The molecule has 17 heavy (non-hydrogen) atoms. The predicted octanol–water partition coefficient (Wildman–Crippen LogP) is 0.955. The highest BCUT2D eigenvalue weighted by atomic mass is 32.2. The van der Waals surface area contributed by atoms with Gasteiger partial charge >= 0.3 is 0 Å². The lowest BCUT2D eigenvalue weighted by atomic mass is 10.2. The maximum absolute atomic E-state index is 12.0. The molecule has 0 fully saturated rings. The van der Waals surface area contributed by atoms with E-state index in [0.29, 0.717) is 0 Å². The molecule has 90 valence electrons. The zero-order chi connectivity index (χ0) is 12.5. The molecule has 1 aromatic rings. The SMILES string of the molecule is C#CC(C)NS(=O)(=O)c1ccc2c(c1)NCC2. The van der Waals surface area contributed by atoms with Crippen LogP contribution in [-0.2, 0) is 16.4 Å². The van der Waals surface area contributed by atoms with E-state index in [2.05, 4.69) is 16.0 Å².